The normalized spacial score (nSPS) is 25.5. The maximum atomic E-state index is 9.07. The van der Waals surface area contributed by atoms with Gasteiger partial charge in [0.15, 0.2) is 0 Å². The summed E-state index contributed by atoms with van der Waals surface area (Å²) in [6.45, 7) is 0. The number of nitriles is 2. The molecule has 1 aromatic carbocycles. The van der Waals surface area contributed by atoms with Gasteiger partial charge in [-0.3, -0.25) is 0 Å². The second-order valence-corrected chi connectivity index (χ2v) is 6.09. The van der Waals surface area contributed by atoms with Gasteiger partial charge in [0, 0.05) is 11.7 Å². The van der Waals surface area contributed by atoms with Crippen molar-refractivity contribution in [2.75, 3.05) is 5.32 Å². The van der Waals surface area contributed by atoms with Crippen LogP contribution in [-0.2, 0) is 0 Å². The van der Waals surface area contributed by atoms with Gasteiger partial charge >= 0.3 is 0 Å². The first-order chi connectivity index (χ1) is 9.80. The average Bonchev–Trinajstić information content (AvgIpc) is 3.32. The quantitative estimate of drug-likeness (QED) is 0.904. The Morgan fingerprint density at radius 1 is 0.950 bits per heavy atom. The van der Waals surface area contributed by atoms with Crippen molar-refractivity contribution in [3.63, 3.8) is 0 Å². The summed E-state index contributed by atoms with van der Waals surface area (Å²) in [7, 11) is 0. The van der Waals surface area contributed by atoms with Gasteiger partial charge in [-0.2, -0.15) is 10.5 Å². The number of hydrogen-bond donors (Lipinski definition) is 1. The molecule has 3 heteroatoms. The van der Waals surface area contributed by atoms with Crippen molar-refractivity contribution in [3.8, 4) is 12.1 Å². The molecule has 0 aliphatic heterocycles. The summed E-state index contributed by atoms with van der Waals surface area (Å²) in [6, 6.07) is 10.1. The highest BCUT2D eigenvalue weighted by Crippen LogP contribution is 2.44. The van der Waals surface area contributed by atoms with Crippen molar-refractivity contribution in [1.82, 2.24) is 0 Å². The van der Waals surface area contributed by atoms with E-state index in [2.05, 4.69) is 17.5 Å². The second-order valence-electron chi connectivity index (χ2n) is 6.09. The summed E-state index contributed by atoms with van der Waals surface area (Å²) in [5.74, 6) is 1.88. The lowest BCUT2D eigenvalue weighted by molar-refractivity contribution is 0.303. The summed E-state index contributed by atoms with van der Waals surface area (Å²) in [5, 5.41) is 21.6. The van der Waals surface area contributed by atoms with E-state index in [1.807, 2.05) is 6.07 Å². The van der Waals surface area contributed by atoms with Crippen LogP contribution < -0.4 is 5.32 Å². The third-order valence-electron chi connectivity index (χ3n) is 4.63. The summed E-state index contributed by atoms with van der Waals surface area (Å²) in [5.41, 5.74) is 1.90. The van der Waals surface area contributed by atoms with E-state index in [0.29, 0.717) is 17.2 Å². The van der Waals surface area contributed by atoms with Crippen LogP contribution in [0, 0.1) is 34.5 Å². The highest BCUT2D eigenvalue weighted by Gasteiger charge is 2.34. The minimum atomic E-state index is 0.456. The summed E-state index contributed by atoms with van der Waals surface area (Å²) >= 11 is 0. The van der Waals surface area contributed by atoms with Crippen LogP contribution in [0.4, 0.5) is 5.69 Å². The average molecular weight is 265 g/mol. The monoisotopic (exact) mass is 265 g/mol. The maximum Gasteiger partial charge on any atom is 0.101 e. The summed E-state index contributed by atoms with van der Waals surface area (Å²) < 4.78 is 0. The maximum absolute atomic E-state index is 9.07. The molecule has 1 aromatic rings. The van der Waals surface area contributed by atoms with E-state index in [1.165, 1.54) is 38.5 Å². The Morgan fingerprint density at radius 3 is 2.45 bits per heavy atom. The van der Waals surface area contributed by atoms with Gasteiger partial charge in [0.1, 0.15) is 12.1 Å². The number of hydrogen-bond acceptors (Lipinski definition) is 3. The van der Waals surface area contributed by atoms with Crippen molar-refractivity contribution in [2.24, 2.45) is 11.8 Å². The number of rotatable bonds is 3. The van der Waals surface area contributed by atoms with Gasteiger partial charge in [-0.15, -0.1) is 0 Å². The van der Waals surface area contributed by atoms with Crippen LogP contribution in [0.2, 0.25) is 0 Å². The van der Waals surface area contributed by atoms with Crippen LogP contribution in [0.1, 0.15) is 49.7 Å². The van der Waals surface area contributed by atoms with Crippen LogP contribution in [0.5, 0.6) is 0 Å². The van der Waals surface area contributed by atoms with Crippen LogP contribution in [0.15, 0.2) is 18.2 Å². The van der Waals surface area contributed by atoms with Crippen LogP contribution in [-0.4, -0.2) is 6.04 Å². The molecule has 20 heavy (non-hydrogen) atoms. The Balaban J connectivity index is 1.68. The van der Waals surface area contributed by atoms with Crippen molar-refractivity contribution >= 4 is 5.69 Å². The predicted octanol–water partition coefficient (Wildman–Crippen LogP) is 3.81. The smallest absolute Gasteiger partial charge is 0.101 e. The fraction of sp³-hybridized carbons (Fsp3) is 0.529. The van der Waals surface area contributed by atoms with Gasteiger partial charge in [0.25, 0.3) is 0 Å². The lowest BCUT2D eigenvalue weighted by Crippen LogP contribution is -2.28. The van der Waals surface area contributed by atoms with E-state index in [9.17, 15) is 0 Å². The molecule has 2 saturated carbocycles. The largest absolute Gasteiger partial charge is 0.382 e. The third-order valence-corrected chi connectivity index (χ3v) is 4.63. The van der Waals surface area contributed by atoms with Gasteiger partial charge in [-0.25, -0.2) is 0 Å². The summed E-state index contributed by atoms with van der Waals surface area (Å²) in [6.07, 6.45) is 8.01. The molecule has 2 aliphatic carbocycles. The van der Waals surface area contributed by atoms with Gasteiger partial charge in [0.05, 0.1) is 11.1 Å². The van der Waals surface area contributed by atoms with Gasteiger partial charge in [-0.1, -0.05) is 12.8 Å². The highest BCUT2D eigenvalue weighted by atomic mass is 14.9. The van der Waals surface area contributed by atoms with Gasteiger partial charge in [0.2, 0.25) is 0 Å². The molecule has 1 N–H and O–H groups in total. The van der Waals surface area contributed by atoms with Crippen molar-refractivity contribution in [3.05, 3.63) is 29.3 Å². The van der Waals surface area contributed by atoms with E-state index >= 15 is 0 Å². The van der Waals surface area contributed by atoms with E-state index in [0.717, 1.165) is 17.5 Å². The molecule has 0 heterocycles. The summed E-state index contributed by atoms with van der Waals surface area (Å²) in [4.78, 5) is 0. The van der Waals surface area contributed by atoms with Crippen molar-refractivity contribution in [1.29, 1.82) is 10.5 Å². The Hall–Kier alpha value is -2.00. The molecule has 2 atom stereocenters. The van der Waals surface area contributed by atoms with Gasteiger partial charge < -0.3 is 5.32 Å². The molecule has 0 aromatic heterocycles. The Kier molecular flexibility index (Phi) is 3.61. The molecule has 0 spiro atoms. The second kappa shape index (κ2) is 5.55. The van der Waals surface area contributed by atoms with E-state index < -0.39 is 0 Å². The lowest BCUT2D eigenvalue weighted by Gasteiger charge is -2.30. The molecule has 0 amide bonds. The molecule has 0 radical (unpaired) electrons. The number of nitrogens with zero attached hydrogens (tertiary/aromatic N) is 2. The first-order valence-electron chi connectivity index (χ1n) is 7.51. The fourth-order valence-corrected chi connectivity index (χ4v) is 3.41. The Bertz CT molecular complexity index is 575. The molecule has 3 rings (SSSR count). The number of nitrogens with one attached hydrogen (secondary N) is 1. The van der Waals surface area contributed by atoms with Crippen molar-refractivity contribution < 1.29 is 0 Å². The van der Waals surface area contributed by atoms with Crippen molar-refractivity contribution in [2.45, 2.75) is 44.6 Å². The van der Waals surface area contributed by atoms with E-state index in [4.69, 9.17) is 10.5 Å². The molecule has 0 bridgehead atoms. The van der Waals surface area contributed by atoms with Crippen LogP contribution in [0.3, 0.4) is 0 Å². The number of benzene rings is 1. The standard InChI is InChI=1S/C17H19N3/c18-10-14-6-7-17(9-15(14)11-19)20-16-3-1-2-13(8-16)12-4-5-12/h6-7,9,12-13,16,20H,1-5,8H2. The highest BCUT2D eigenvalue weighted by molar-refractivity contribution is 5.56. The predicted molar refractivity (Wildman–Crippen MR) is 78.0 cm³/mol. The first-order valence-corrected chi connectivity index (χ1v) is 7.51. The minimum absolute atomic E-state index is 0.456. The molecule has 3 nitrogen and oxygen atoms in total. The lowest BCUT2D eigenvalue weighted by atomic mass is 9.82. The third kappa shape index (κ3) is 2.78. The molecule has 102 valence electrons. The molecule has 2 aliphatic rings. The Labute approximate surface area is 120 Å². The molecule has 2 unspecified atom stereocenters. The first kappa shape index (κ1) is 13.0. The molecule has 2 fully saturated rings. The zero-order valence-corrected chi connectivity index (χ0v) is 11.6. The van der Waals surface area contributed by atoms with E-state index in [1.54, 1.807) is 12.1 Å². The Morgan fingerprint density at radius 2 is 1.75 bits per heavy atom. The van der Waals surface area contributed by atoms with Crippen LogP contribution in [0.25, 0.3) is 0 Å². The fourth-order valence-electron chi connectivity index (χ4n) is 3.41. The molecular weight excluding hydrogens is 246 g/mol. The SMILES string of the molecule is N#Cc1ccc(NC2CCCC(C3CC3)C2)cc1C#N. The number of anilines is 1. The minimum Gasteiger partial charge on any atom is -0.382 e. The molecular formula is C17H19N3. The molecule has 0 saturated heterocycles. The zero-order valence-electron chi connectivity index (χ0n) is 11.6. The van der Waals surface area contributed by atoms with Crippen LogP contribution >= 0.6 is 0 Å². The topological polar surface area (TPSA) is 59.6 Å². The van der Waals surface area contributed by atoms with E-state index in [-0.39, 0.29) is 0 Å². The van der Waals surface area contributed by atoms with Gasteiger partial charge in [-0.05, 0) is 55.7 Å². The zero-order chi connectivity index (χ0) is 13.9.